The predicted octanol–water partition coefficient (Wildman–Crippen LogP) is 5.10. The fourth-order valence-electron chi connectivity index (χ4n) is 9.13. The SMILES string of the molecule is C[C@@H]1[C@@H](C)CCC[C@](O)(CN2CCN3CCOC[C@@H]3C2)[C@@H]2CC[C@H]2CN2CCCCc3cc(Cl)ccc3COc3ccc(cc32)C(=O)NS1(=O)=O. The van der Waals surface area contributed by atoms with Gasteiger partial charge in [-0.1, -0.05) is 31.0 Å². The number of aliphatic hydroxyl groups is 1. The molecular weight excluding hydrogens is 688 g/mol. The van der Waals surface area contributed by atoms with Gasteiger partial charge in [-0.2, -0.15) is 0 Å². The maximum Gasteiger partial charge on any atom is 0.264 e. The predicted molar refractivity (Wildman–Crippen MR) is 200 cm³/mol. The first-order valence-electron chi connectivity index (χ1n) is 19.1. The van der Waals surface area contributed by atoms with Crippen molar-refractivity contribution in [1.29, 1.82) is 0 Å². The van der Waals surface area contributed by atoms with E-state index in [-0.39, 0.29) is 23.3 Å². The van der Waals surface area contributed by atoms with Gasteiger partial charge in [0.25, 0.3) is 5.91 Å². The molecule has 1 amide bonds. The maximum atomic E-state index is 13.6. The van der Waals surface area contributed by atoms with Crippen molar-refractivity contribution in [1.82, 2.24) is 14.5 Å². The molecule has 4 aliphatic heterocycles. The second kappa shape index (κ2) is 15.5. The van der Waals surface area contributed by atoms with Crippen molar-refractivity contribution < 1.29 is 27.8 Å². The molecule has 2 aromatic carbocycles. The summed E-state index contributed by atoms with van der Waals surface area (Å²) in [5.41, 5.74) is 2.43. The number of piperazine rings is 1. The molecule has 2 N–H and O–H groups in total. The Hall–Kier alpha value is -2.41. The molecule has 10 nitrogen and oxygen atoms in total. The molecule has 0 radical (unpaired) electrons. The molecule has 0 unspecified atom stereocenters. The van der Waals surface area contributed by atoms with Crippen molar-refractivity contribution in [3.05, 3.63) is 58.1 Å². The Morgan fingerprint density at radius 2 is 1.84 bits per heavy atom. The number of fused-ring (bicyclic) bond motifs is 4. The fourth-order valence-corrected chi connectivity index (χ4v) is 10.6. The third kappa shape index (κ3) is 8.24. The van der Waals surface area contributed by atoms with E-state index in [0.717, 1.165) is 95.8 Å². The average Bonchev–Trinajstić information content (AvgIpc) is 3.12. The number of rotatable bonds is 2. The minimum atomic E-state index is -3.95. The molecule has 5 aliphatic rings. The largest absolute Gasteiger partial charge is 0.487 e. The van der Waals surface area contributed by atoms with Crippen LogP contribution in [-0.2, 0) is 27.8 Å². The number of sulfonamides is 1. The summed E-state index contributed by atoms with van der Waals surface area (Å²) in [5, 5.41) is 12.7. The topological polar surface area (TPSA) is 112 Å². The van der Waals surface area contributed by atoms with Gasteiger partial charge < -0.3 is 19.5 Å². The molecule has 280 valence electrons. The van der Waals surface area contributed by atoms with Crippen LogP contribution in [0.1, 0.15) is 80.3 Å². The van der Waals surface area contributed by atoms with Crippen molar-refractivity contribution in [2.75, 3.05) is 63.9 Å². The Kier molecular flexibility index (Phi) is 11.2. The number of carbonyl (C=O) groups excluding carboxylic acids is 1. The zero-order valence-electron chi connectivity index (χ0n) is 30.2. The number of β-amino-alcohol motifs (C(OH)–C–C–N with tert-alkyl or cyclic N) is 1. The number of morpholine rings is 1. The number of hydrogen-bond donors (Lipinski definition) is 2. The zero-order valence-corrected chi connectivity index (χ0v) is 31.8. The van der Waals surface area contributed by atoms with E-state index in [1.807, 2.05) is 25.1 Å². The van der Waals surface area contributed by atoms with E-state index in [4.69, 9.17) is 21.1 Å². The van der Waals surface area contributed by atoms with Crippen molar-refractivity contribution >= 4 is 33.2 Å². The standard InChI is InChI=1S/C39H55ClN4O6S/c1-27-6-5-14-39(46,26-42-16-17-43-18-19-49-25-34(43)23-42)35-12-9-31(35)22-44-15-4-3-7-29-20-33(40)11-8-32(29)24-50-37-13-10-30(21-36(37)44)38(45)41-51(47,48)28(27)2/h8,10-11,13,20-21,27-28,31,34-35,46H,3-7,9,12,14-19,22-26H2,1-2H3,(H,41,45)/t27-,28+,31-,34-,35+,39-/m0/s1. The van der Waals surface area contributed by atoms with Crippen LogP contribution in [0.3, 0.4) is 0 Å². The van der Waals surface area contributed by atoms with Gasteiger partial charge in [0, 0.05) is 62.4 Å². The molecule has 2 aromatic rings. The molecule has 2 saturated heterocycles. The number of ether oxygens (including phenoxy) is 2. The molecule has 12 heteroatoms. The normalized spacial score (nSPS) is 32.5. The lowest BCUT2D eigenvalue weighted by Crippen LogP contribution is -2.62. The van der Waals surface area contributed by atoms with E-state index >= 15 is 0 Å². The van der Waals surface area contributed by atoms with Crippen molar-refractivity contribution in [3.8, 4) is 5.75 Å². The van der Waals surface area contributed by atoms with Crippen molar-refractivity contribution in [2.45, 2.75) is 88.7 Å². The third-order valence-corrected chi connectivity index (χ3v) is 14.8. The molecule has 0 aromatic heterocycles. The summed E-state index contributed by atoms with van der Waals surface area (Å²) in [6, 6.07) is 11.5. The highest BCUT2D eigenvalue weighted by molar-refractivity contribution is 7.90. The summed E-state index contributed by atoms with van der Waals surface area (Å²) >= 11 is 6.39. The number of aryl methyl sites for hydroxylation is 1. The van der Waals surface area contributed by atoms with Gasteiger partial charge in [-0.3, -0.25) is 14.6 Å². The highest BCUT2D eigenvalue weighted by Gasteiger charge is 2.48. The van der Waals surface area contributed by atoms with Gasteiger partial charge in [-0.05, 0) is 111 Å². The number of nitrogens with zero attached hydrogens (tertiary/aromatic N) is 3. The van der Waals surface area contributed by atoms with Crippen LogP contribution in [0.25, 0.3) is 0 Å². The van der Waals surface area contributed by atoms with Crippen LogP contribution in [0.5, 0.6) is 5.75 Å². The van der Waals surface area contributed by atoms with Crippen molar-refractivity contribution in [3.63, 3.8) is 0 Å². The number of carbonyl (C=O) groups is 1. The summed E-state index contributed by atoms with van der Waals surface area (Å²) in [4.78, 5) is 20.9. The van der Waals surface area contributed by atoms with E-state index in [2.05, 4.69) is 19.4 Å². The average molecular weight is 743 g/mol. The Labute approximate surface area is 308 Å². The van der Waals surface area contributed by atoms with Crippen LogP contribution in [0.4, 0.5) is 5.69 Å². The summed E-state index contributed by atoms with van der Waals surface area (Å²) in [5.74, 6) is 0.214. The zero-order chi connectivity index (χ0) is 35.8. The lowest BCUT2D eigenvalue weighted by molar-refractivity contribution is -0.120. The van der Waals surface area contributed by atoms with Gasteiger partial charge in [-0.15, -0.1) is 0 Å². The summed E-state index contributed by atoms with van der Waals surface area (Å²) in [6.45, 7) is 11.3. The maximum absolute atomic E-state index is 13.6. The minimum Gasteiger partial charge on any atom is -0.487 e. The van der Waals surface area contributed by atoms with Crippen LogP contribution in [0.2, 0.25) is 5.02 Å². The number of nitrogens with one attached hydrogen (secondary N) is 1. The summed E-state index contributed by atoms with van der Waals surface area (Å²) in [6.07, 6.45) is 6.73. The lowest BCUT2D eigenvalue weighted by atomic mass is 9.62. The minimum absolute atomic E-state index is 0.114. The van der Waals surface area contributed by atoms with Crippen molar-refractivity contribution in [2.24, 2.45) is 17.8 Å². The van der Waals surface area contributed by atoms with Crippen LogP contribution in [0.15, 0.2) is 36.4 Å². The molecule has 1 aliphatic carbocycles. The van der Waals surface area contributed by atoms with Gasteiger partial charge >= 0.3 is 0 Å². The van der Waals surface area contributed by atoms with E-state index in [0.29, 0.717) is 49.2 Å². The molecule has 0 spiro atoms. The van der Waals surface area contributed by atoms with Gasteiger partial charge in [0.1, 0.15) is 12.4 Å². The molecular formula is C39H55ClN4O6S. The Morgan fingerprint density at radius 1 is 0.980 bits per heavy atom. The molecule has 2 bridgehead atoms. The fraction of sp³-hybridized carbons (Fsp3) is 0.667. The lowest BCUT2D eigenvalue weighted by Gasteiger charge is -2.52. The number of amides is 1. The first-order valence-corrected chi connectivity index (χ1v) is 21.0. The Bertz CT molecular complexity index is 1680. The van der Waals surface area contributed by atoms with Crippen LogP contribution < -0.4 is 14.4 Å². The van der Waals surface area contributed by atoms with E-state index in [9.17, 15) is 18.3 Å². The number of hydrogen-bond acceptors (Lipinski definition) is 9. The first kappa shape index (κ1) is 36.9. The number of benzene rings is 2. The Balaban J connectivity index is 1.22. The molecule has 3 fully saturated rings. The van der Waals surface area contributed by atoms with Crippen LogP contribution in [-0.4, -0.2) is 105 Å². The van der Waals surface area contributed by atoms with E-state index in [1.54, 1.807) is 25.1 Å². The quantitative estimate of drug-likeness (QED) is 0.434. The molecule has 6 atom stereocenters. The molecule has 1 saturated carbocycles. The summed E-state index contributed by atoms with van der Waals surface area (Å²) < 4.78 is 41.8. The van der Waals surface area contributed by atoms with Crippen LogP contribution >= 0.6 is 11.6 Å². The van der Waals surface area contributed by atoms with Gasteiger partial charge in [0.15, 0.2) is 0 Å². The Morgan fingerprint density at radius 3 is 2.67 bits per heavy atom. The monoisotopic (exact) mass is 742 g/mol. The molecule has 51 heavy (non-hydrogen) atoms. The third-order valence-electron chi connectivity index (χ3n) is 12.6. The smallest absolute Gasteiger partial charge is 0.264 e. The second-order valence-corrected chi connectivity index (χ2v) is 18.4. The summed E-state index contributed by atoms with van der Waals surface area (Å²) in [7, 11) is -3.95. The van der Waals surface area contributed by atoms with Crippen LogP contribution in [0, 0.1) is 17.8 Å². The van der Waals surface area contributed by atoms with E-state index in [1.165, 1.54) is 5.56 Å². The van der Waals surface area contributed by atoms with Gasteiger partial charge in [0.2, 0.25) is 10.0 Å². The highest BCUT2D eigenvalue weighted by atomic mass is 35.5. The first-order chi connectivity index (χ1) is 24.5. The number of anilines is 1. The van der Waals surface area contributed by atoms with Gasteiger partial charge in [0.05, 0.1) is 29.8 Å². The molecule has 7 rings (SSSR count). The highest BCUT2D eigenvalue weighted by Crippen LogP contribution is 2.46. The van der Waals surface area contributed by atoms with Gasteiger partial charge in [-0.25, -0.2) is 13.1 Å². The number of halogens is 1. The molecule has 4 heterocycles. The van der Waals surface area contributed by atoms with E-state index < -0.39 is 26.8 Å². The second-order valence-electron chi connectivity index (χ2n) is 15.9.